The van der Waals surface area contributed by atoms with Gasteiger partial charge in [-0.2, -0.15) is 0 Å². The quantitative estimate of drug-likeness (QED) is 0.824. The van der Waals surface area contributed by atoms with Crippen molar-refractivity contribution < 1.29 is 9.90 Å². The van der Waals surface area contributed by atoms with Crippen molar-refractivity contribution in [1.29, 1.82) is 0 Å². The van der Waals surface area contributed by atoms with Crippen LogP contribution in [0.15, 0.2) is 15.8 Å². The molecule has 1 fully saturated rings. The summed E-state index contributed by atoms with van der Waals surface area (Å²) in [4.78, 5) is 38.3. The molecule has 7 heteroatoms. The smallest absolute Gasteiger partial charge is 0.342 e. The largest absolute Gasteiger partial charge is 0.477 e. The third-order valence-corrected chi connectivity index (χ3v) is 4.03. The number of aromatic nitrogens is 2. The number of piperidine rings is 1. The summed E-state index contributed by atoms with van der Waals surface area (Å²) < 4.78 is 1.26. The lowest BCUT2D eigenvalue weighted by atomic mass is 10.0. The maximum absolute atomic E-state index is 11.7. The van der Waals surface area contributed by atoms with Crippen LogP contribution in [0.25, 0.3) is 0 Å². The number of hydrogen-bond acceptors (Lipinski definition) is 4. The van der Waals surface area contributed by atoms with Crippen LogP contribution in [0, 0.1) is 0 Å². The van der Waals surface area contributed by atoms with Crippen molar-refractivity contribution in [2.45, 2.75) is 45.2 Å². The molecule has 0 amide bonds. The molecule has 1 aromatic rings. The second-order valence-corrected chi connectivity index (χ2v) is 5.53. The molecule has 116 valence electrons. The molecule has 0 radical (unpaired) electrons. The van der Waals surface area contributed by atoms with E-state index in [0.717, 1.165) is 25.7 Å². The number of carboxylic acids is 1. The van der Waals surface area contributed by atoms with Gasteiger partial charge in [-0.3, -0.25) is 14.3 Å². The fraction of sp³-hybridized carbons (Fsp3) is 0.643. The Morgan fingerprint density at radius 2 is 2.14 bits per heavy atom. The minimum Gasteiger partial charge on any atom is -0.477 e. The first-order chi connectivity index (χ1) is 9.99. The summed E-state index contributed by atoms with van der Waals surface area (Å²) >= 11 is 0. The molecular formula is C14H21N3O4. The molecule has 0 saturated carbocycles. The number of nitrogens with one attached hydrogen (secondary N) is 1. The number of aromatic amines is 1. The fourth-order valence-corrected chi connectivity index (χ4v) is 2.76. The van der Waals surface area contributed by atoms with Crippen LogP contribution in [0.1, 0.15) is 43.0 Å². The molecule has 0 bridgehead atoms. The maximum Gasteiger partial charge on any atom is 0.342 e. The molecule has 2 N–H and O–H groups in total. The van der Waals surface area contributed by atoms with Gasteiger partial charge in [0, 0.05) is 25.3 Å². The number of carbonyl (C=O) groups is 1. The number of aromatic carboxylic acids is 1. The van der Waals surface area contributed by atoms with Gasteiger partial charge in [-0.05, 0) is 32.7 Å². The molecule has 1 aliphatic heterocycles. The van der Waals surface area contributed by atoms with Crippen molar-refractivity contribution in [3.63, 3.8) is 0 Å². The molecule has 0 aliphatic carbocycles. The van der Waals surface area contributed by atoms with Crippen molar-refractivity contribution in [3.05, 3.63) is 32.6 Å². The molecule has 1 atom stereocenters. The molecule has 0 aromatic carbocycles. The van der Waals surface area contributed by atoms with Crippen molar-refractivity contribution in [2.24, 2.45) is 0 Å². The van der Waals surface area contributed by atoms with E-state index in [-0.39, 0.29) is 0 Å². The van der Waals surface area contributed by atoms with E-state index in [1.54, 1.807) is 0 Å². The van der Waals surface area contributed by atoms with Crippen LogP contribution in [0.5, 0.6) is 0 Å². The van der Waals surface area contributed by atoms with Gasteiger partial charge in [-0.25, -0.2) is 9.59 Å². The maximum atomic E-state index is 11.7. The van der Waals surface area contributed by atoms with Crippen LogP contribution >= 0.6 is 0 Å². The zero-order valence-corrected chi connectivity index (χ0v) is 12.2. The predicted molar refractivity (Wildman–Crippen MR) is 77.8 cm³/mol. The Hall–Kier alpha value is -1.89. The summed E-state index contributed by atoms with van der Waals surface area (Å²) in [7, 11) is 0. The van der Waals surface area contributed by atoms with Gasteiger partial charge in [-0.1, -0.05) is 6.42 Å². The van der Waals surface area contributed by atoms with E-state index in [2.05, 4.69) is 11.8 Å². The number of carboxylic acid groups (broad SMARTS) is 1. The number of rotatable bonds is 5. The lowest BCUT2D eigenvalue weighted by Gasteiger charge is -2.33. The molecule has 1 aromatic heterocycles. The zero-order valence-electron chi connectivity index (χ0n) is 12.2. The summed E-state index contributed by atoms with van der Waals surface area (Å²) in [5.74, 6) is -1.32. The predicted octanol–water partition coefficient (Wildman–Crippen LogP) is 0.499. The first-order valence-electron chi connectivity index (χ1n) is 7.30. The average Bonchev–Trinajstić information content (AvgIpc) is 2.42. The minimum absolute atomic E-state index is 0.402. The van der Waals surface area contributed by atoms with E-state index < -0.39 is 22.8 Å². The van der Waals surface area contributed by atoms with E-state index in [0.29, 0.717) is 12.6 Å². The number of hydrogen-bond donors (Lipinski definition) is 2. The van der Waals surface area contributed by atoms with E-state index >= 15 is 0 Å². The monoisotopic (exact) mass is 295 g/mol. The van der Waals surface area contributed by atoms with Gasteiger partial charge >= 0.3 is 11.7 Å². The number of likely N-dealkylation sites (tertiary alicyclic amines) is 1. The Morgan fingerprint density at radius 3 is 2.81 bits per heavy atom. The molecule has 7 nitrogen and oxygen atoms in total. The zero-order chi connectivity index (χ0) is 15.4. The molecule has 1 unspecified atom stereocenters. The highest BCUT2D eigenvalue weighted by Crippen LogP contribution is 2.16. The molecule has 2 rings (SSSR count). The SMILES string of the molecule is CC1CCCCN1CCCn1cc(C(=O)O)c(=O)[nH]c1=O. The van der Waals surface area contributed by atoms with Crippen LogP contribution in [-0.4, -0.2) is 44.7 Å². The summed E-state index contributed by atoms with van der Waals surface area (Å²) in [5.41, 5.74) is -1.81. The Kier molecular flexibility index (Phi) is 4.95. The minimum atomic E-state index is -1.32. The van der Waals surface area contributed by atoms with Gasteiger partial charge in [0.2, 0.25) is 0 Å². The van der Waals surface area contributed by atoms with E-state index in [1.807, 2.05) is 4.98 Å². The molecule has 1 saturated heterocycles. The van der Waals surface area contributed by atoms with Crippen molar-refractivity contribution >= 4 is 5.97 Å². The Morgan fingerprint density at radius 1 is 1.38 bits per heavy atom. The molecule has 1 aliphatic rings. The lowest BCUT2D eigenvalue weighted by molar-refractivity contribution is 0.0693. The summed E-state index contributed by atoms with van der Waals surface area (Å²) in [6, 6.07) is 0.556. The van der Waals surface area contributed by atoms with E-state index in [1.165, 1.54) is 23.8 Å². The molecular weight excluding hydrogens is 274 g/mol. The second-order valence-electron chi connectivity index (χ2n) is 5.53. The van der Waals surface area contributed by atoms with Crippen LogP contribution < -0.4 is 11.2 Å². The number of aryl methyl sites for hydroxylation is 1. The molecule has 21 heavy (non-hydrogen) atoms. The van der Waals surface area contributed by atoms with E-state index in [9.17, 15) is 14.4 Å². The van der Waals surface area contributed by atoms with Gasteiger partial charge < -0.3 is 10.0 Å². The number of nitrogens with zero attached hydrogens (tertiary/aromatic N) is 2. The third kappa shape index (κ3) is 3.81. The van der Waals surface area contributed by atoms with E-state index in [4.69, 9.17) is 5.11 Å². The Bertz CT molecular complexity index is 619. The normalized spacial score (nSPS) is 19.6. The summed E-state index contributed by atoms with van der Waals surface area (Å²) in [6.45, 7) is 4.55. The fourth-order valence-electron chi connectivity index (χ4n) is 2.76. The van der Waals surface area contributed by atoms with Gasteiger partial charge in [0.15, 0.2) is 0 Å². The van der Waals surface area contributed by atoms with Gasteiger partial charge in [0.1, 0.15) is 5.56 Å². The first kappa shape index (κ1) is 15.5. The van der Waals surface area contributed by atoms with Crippen LogP contribution in [-0.2, 0) is 6.54 Å². The lowest BCUT2D eigenvalue weighted by Crippen LogP contribution is -2.39. The van der Waals surface area contributed by atoms with Crippen LogP contribution in [0.2, 0.25) is 0 Å². The second kappa shape index (κ2) is 6.71. The highest BCUT2D eigenvalue weighted by molar-refractivity contribution is 5.86. The first-order valence-corrected chi connectivity index (χ1v) is 7.30. The van der Waals surface area contributed by atoms with Gasteiger partial charge in [-0.15, -0.1) is 0 Å². The van der Waals surface area contributed by atoms with Crippen LogP contribution in [0.3, 0.4) is 0 Å². The molecule has 2 heterocycles. The van der Waals surface area contributed by atoms with Crippen LogP contribution in [0.4, 0.5) is 0 Å². The number of H-pyrrole nitrogens is 1. The highest BCUT2D eigenvalue weighted by atomic mass is 16.4. The summed E-state index contributed by atoms with van der Waals surface area (Å²) in [6.07, 6.45) is 5.53. The summed E-state index contributed by atoms with van der Waals surface area (Å²) in [5, 5.41) is 8.90. The van der Waals surface area contributed by atoms with Gasteiger partial charge in [0.05, 0.1) is 0 Å². The van der Waals surface area contributed by atoms with Crippen molar-refractivity contribution in [1.82, 2.24) is 14.5 Å². The third-order valence-electron chi connectivity index (χ3n) is 4.03. The Labute approximate surface area is 122 Å². The van der Waals surface area contributed by atoms with Crippen molar-refractivity contribution in [2.75, 3.05) is 13.1 Å². The standard InChI is InChI=1S/C14H21N3O4/c1-10-5-2-3-6-16(10)7-4-8-17-9-11(13(19)20)12(18)15-14(17)21/h9-10H,2-8H2,1H3,(H,19,20)(H,15,18,21). The molecule has 0 spiro atoms. The highest BCUT2D eigenvalue weighted by Gasteiger charge is 2.17. The van der Waals surface area contributed by atoms with Gasteiger partial charge in [0.25, 0.3) is 5.56 Å². The average molecular weight is 295 g/mol. The Balaban J connectivity index is 2.00. The van der Waals surface area contributed by atoms with Crippen molar-refractivity contribution in [3.8, 4) is 0 Å². The topological polar surface area (TPSA) is 95.4 Å².